The molecule has 0 bridgehead atoms. The van der Waals surface area contributed by atoms with Crippen molar-refractivity contribution in [3.8, 4) is 0 Å². The third kappa shape index (κ3) is 3.73. The summed E-state index contributed by atoms with van der Waals surface area (Å²) in [4.78, 5) is 4.81. The minimum absolute atomic E-state index is 0.491. The summed E-state index contributed by atoms with van der Waals surface area (Å²) in [5.74, 6) is 0.491. The molecule has 1 aliphatic heterocycles. The second-order valence-corrected chi connectivity index (χ2v) is 5.16. The minimum atomic E-state index is 0.491. The summed E-state index contributed by atoms with van der Waals surface area (Å²) in [7, 11) is 7.69. The van der Waals surface area contributed by atoms with Gasteiger partial charge in [0.25, 0.3) is 0 Å². The Hall–Kier alpha value is 0.680. The number of nitrogens with zero attached hydrogens (tertiary/aromatic N) is 2. The maximum atomic E-state index is 4.81. The van der Waals surface area contributed by atoms with E-state index in [9.17, 15) is 0 Å². The number of hydrogen-bond donors (Lipinski definition) is 1. The Labute approximate surface area is 85.4 Å². The lowest BCUT2D eigenvalue weighted by Gasteiger charge is -2.09. The molecule has 0 aliphatic carbocycles. The Morgan fingerprint density at radius 1 is 1.85 bits per heavy atom. The summed E-state index contributed by atoms with van der Waals surface area (Å²) >= 11 is 0. The van der Waals surface area contributed by atoms with E-state index in [0.717, 1.165) is 25.3 Å². The molecule has 0 spiro atoms. The molecule has 1 aliphatic rings. The van der Waals surface area contributed by atoms with Gasteiger partial charge in [-0.15, -0.1) is 0 Å². The zero-order valence-corrected chi connectivity index (χ0v) is 11.0. The predicted octanol–water partition coefficient (Wildman–Crippen LogP) is 0.684. The molecule has 1 fully saturated rings. The fourth-order valence-corrected chi connectivity index (χ4v) is 2.53. The van der Waals surface area contributed by atoms with Gasteiger partial charge in [0.2, 0.25) is 0 Å². The van der Waals surface area contributed by atoms with Crippen LogP contribution in [0, 0.1) is 5.92 Å². The molecule has 1 N–H and O–H groups in total. The van der Waals surface area contributed by atoms with Gasteiger partial charge in [-0.1, -0.05) is 23.5 Å². The van der Waals surface area contributed by atoms with Crippen LogP contribution in [0.4, 0.5) is 0 Å². The van der Waals surface area contributed by atoms with E-state index in [1.54, 1.807) is 7.11 Å². The highest BCUT2D eigenvalue weighted by molar-refractivity contribution is 8.01. The largest absolute Gasteiger partial charge is 0.399 e. The minimum Gasteiger partial charge on any atom is -0.399 e. The SMILES string of the molecule is CO/N=C1\CN(P)CC1CNPP. The van der Waals surface area contributed by atoms with Crippen molar-refractivity contribution in [2.45, 2.75) is 0 Å². The molecule has 0 amide bonds. The molecule has 0 aromatic rings. The van der Waals surface area contributed by atoms with Crippen LogP contribution in [-0.2, 0) is 4.84 Å². The van der Waals surface area contributed by atoms with Gasteiger partial charge >= 0.3 is 0 Å². The highest BCUT2D eigenvalue weighted by Gasteiger charge is 2.26. The van der Waals surface area contributed by atoms with Crippen molar-refractivity contribution < 1.29 is 4.84 Å². The molecular formula is C6H16N3OP3. The van der Waals surface area contributed by atoms with Gasteiger partial charge in [0.1, 0.15) is 7.11 Å². The Morgan fingerprint density at radius 3 is 3.23 bits per heavy atom. The maximum absolute atomic E-state index is 4.81. The second kappa shape index (κ2) is 6.22. The average molecular weight is 239 g/mol. The van der Waals surface area contributed by atoms with Gasteiger partial charge in [-0.05, 0) is 8.42 Å². The van der Waals surface area contributed by atoms with Crippen LogP contribution in [0.5, 0.6) is 0 Å². The number of hydrogen-bond acceptors (Lipinski definition) is 4. The van der Waals surface area contributed by atoms with Gasteiger partial charge in [-0.25, -0.2) is 0 Å². The highest BCUT2D eigenvalue weighted by Crippen LogP contribution is 2.20. The summed E-state index contributed by atoms with van der Waals surface area (Å²) in [6, 6.07) is 0. The molecule has 1 heterocycles. The zero-order valence-electron chi connectivity index (χ0n) is 7.66. The molecule has 4 unspecified atom stereocenters. The Bertz CT molecular complexity index is 190. The van der Waals surface area contributed by atoms with Crippen LogP contribution in [0.3, 0.4) is 0 Å². The van der Waals surface area contributed by atoms with Crippen molar-refractivity contribution in [1.29, 1.82) is 0 Å². The third-order valence-electron chi connectivity index (χ3n) is 1.95. The van der Waals surface area contributed by atoms with Gasteiger partial charge < -0.3 is 4.84 Å². The van der Waals surface area contributed by atoms with Crippen LogP contribution in [0.2, 0.25) is 0 Å². The van der Waals surface area contributed by atoms with Crippen molar-refractivity contribution >= 4 is 32.5 Å². The lowest BCUT2D eigenvalue weighted by Crippen LogP contribution is -2.22. The lowest BCUT2D eigenvalue weighted by molar-refractivity contribution is 0.211. The van der Waals surface area contributed by atoms with E-state index in [-0.39, 0.29) is 0 Å². The normalized spacial score (nSPS) is 27.9. The summed E-state index contributed by atoms with van der Waals surface area (Å²) in [6.07, 6.45) is 0. The predicted molar refractivity (Wildman–Crippen MR) is 65.2 cm³/mol. The van der Waals surface area contributed by atoms with E-state index in [1.807, 2.05) is 0 Å². The standard InChI is InChI=1S/C6H16N3OP3/c1-10-8-6-4-9(11)3-5(6)2-7-13-12/h5,7,13H,2-4,11-12H2,1H3/b8-6+. The lowest BCUT2D eigenvalue weighted by atomic mass is 10.1. The maximum Gasteiger partial charge on any atom is 0.106 e. The van der Waals surface area contributed by atoms with Crippen molar-refractivity contribution in [2.75, 3.05) is 26.7 Å². The Kier molecular flexibility index (Phi) is 5.62. The average Bonchev–Trinajstić information content (AvgIpc) is 2.44. The summed E-state index contributed by atoms with van der Waals surface area (Å²) in [6.45, 7) is 2.91. The van der Waals surface area contributed by atoms with E-state index >= 15 is 0 Å². The van der Waals surface area contributed by atoms with Crippen molar-refractivity contribution in [1.82, 2.24) is 9.76 Å². The molecule has 1 rings (SSSR count). The van der Waals surface area contributed by atoms with Gasteiger partial charge in [0.05, 0.1) is 5.71 Å². The van der Waals surface area contributed by atoms with Gasteiger partial charge in [-0.3, -0.25) is 9.76 Å². The van der Waals surface area contributed by atoms with Crippen LogP contribution in [0.25, 0.3) is 0 Å². The molecule has 4 nitrogen and oxygen atoms in total. The van der Waals surface area contributed by atoms with Crippen molar-refractivity contribution in [3.05, 3.63) is 0 Å². The van der Waals surface area contributed by atoms with Crippen molar-refractivity contribution in [3.63, 3.8) is 0 Å². The first-order valence-corrected chi connectivity index (χ1v) is 7.38. The Balaban J connectivity index is 2.45. The molecule has 0 saturated carbocycles. The van der Waals surface area contributed by atoms with E-state index in [4.69, 9.17) is 4.84 Å². The Morgan fingerprint density at radius 2 is 2.62 bits per heavy atom. The first kappa shape index (κ1) is 11.8. The van der Waals surface area contributed by atoms with Crippen LogP contribution in [-0.4, -0.2) is 37.1 Å². The van der Waals surface area contributed by atoms with Gasteiger partial charge in [0, 0.05) is 25.6 Å². The molecule has 0 radical (unpaired) electrons. The van der Waals surface area contributed by atoms with Gasteiger partial charge in [-0.2, -0.15) is 0 Å². The van der Waals surface area contributed by atoms with Gasteiger partial charge in [0.15, 0.2) is 0 Å². The van der Waals surface area contributed by atoms with Crippen LogP contribution in [0.15, 0.2) is 5.16 Å². The summed E-state index contributed by atoms with van der Waals surface area (Å²) in [5, 5.41) is 7.34. The van der Waals surface area contributed by atoms with Crippen molar-refractivity contribution in [2.24, 2.45) is 11.1 Å². The molecule has 0 aromatic heterocycles. The molecule has 0 aromatic carbocycles. The zero-order chi connectivity index (χ0) is 9.68. The molecule has 1 saturated heterocycles. The molecule has 4 atom stereocenters. The highest BCUT2D eigenvalue weighted by atomic mass is 32.0. The second-order valence-electron chi connectivity index (χ2n) is 2.92. The fourth-order valence-electron chi connectivity index (χ4n) is 1.38. The molecular weight excluding hydrogens is 223 g/mol. The number of nitrogens with one attached hydrogen (secondary N) is 1. The quantitative estimate of drug-likeness (QED) is 0.579. The van der Waals surface area contributed by atoms with Crippen LogP contribution >= 0.6 is 26.7 Å². The molecule has 76 valence electrons. The smallest absolute Gasteiger partial charge is 0.106 e. The molecule has 7 heteroatoms. The topological polar surface area (TPSA) is 36.9 Å². The van der Waals surface area contributed by atoms with E-state index < -0.39 is 0 Å². The molecule has 13 heavy (non-hydrogen) atoms. The summed E-state index contributed by atoms with van der Waals surface area (Å²) in [5.41, 5.74) is 1.13. The van der Waals surface area contributed by atoms with E-state index in [0.29, 0.717) is 14.3 Å². The van der Waals surface area contributed by atoms with E-state index in [2.05, 4.69) is 33.2 Å². The first-order chi connectivity index (χ1) is 6.27. The number of oxime groups is 1. The fraction of sp³-hybridized carbons (Fsp3) is 0.833. The van der Waals surface area contributed by atoms with Crippen LogP contribution in [0.1, 0.15) is 0 Å². The number of rotatable bonds is 4. The summed E-state index contributed by atoms with van der Waals surface area (Å²) < 4.78 is 2.18. The monoisotopic (exact) mass is 239 g/mol. The third-order valence-corrected chi connectivity index (χ3v) is 3.36. The first-order valence-electron chi connectivity index (χ1n) is 4.06. The van der Waals surface area contributed by atoms with Crippen LogP contribution < -0.4 is 5.09 Å². The van der Waals surface area contributed by atoms with E-state index in [1.165, 1.54) is 0 Å².